The maximum absolute atomic E-state index is 12.6. The van der Waals surface area contributed by atoms with Crippen molar-refractivity contribution in [1.82, 2.24) is 25.0 Å². The summed E-state index contributed by atoms with van der Waals surface area (Å²) in [5.74, 6) is 1.03. The molecule has 0 unspecified atom stereocenters. The third-order valence-corrected chi connectivity index (χ3v) is 7.21. The molecule has 5 rings (SSSR count). The van der Waals surface area contributed by atoms with Gasteiger partial charge in [-0.1, -0.05) is 60.7 Å². The molecule has 0 fully saturated rings. The second-order valence-electron chi connectivity index (χ2n) is 8.71. The van der Waals surface area contributed by atoms with E-state index in [0.717, 1.165) is 11.1 Å². The Morgan fingerprint density at radius 3 is 2.15 bits per heavy atom. The predicted molar refractivity (Wildman–Crippen MR) is 152 cm³/mol. The number of nitrogens with zero attached hydrogens (tertiary/aromatic N) is 3. The van der Waals surface area contributed by atoms with Gasteiger partial charge in [-0.3, -0.25) is 10.2 Å². The minimum Gasteiger partial charge on any atom is -0.497 e. The van der Waals surface area contributed by atoms with Crippen LogP contribution in [0.1, 0.15) is 15.9 Å². The molecule has 4 aromatic carbocycles. The van der Waals surface area contributed by atoms with Crippen LogP contribution in [0.3, 0.4) is 0 Å². The number of hydrogen-bond acceptors (Lipinski definition) is 7. The van der Waals surface area contributed by atoms with Gasteiger partial charge in [0.1, 0.15) is 5.75 Å². The number of carbonyl (C=O) groups excluding carboxylic acids is 1. The minimum atomic E-state index is -3.96. The van der Waals surface area contributed by atoms with E-state index in [4.69, 9.17) is 14.8 Å². The van der Waals surface area contributed by atoms with Crippen molar-refractivity contribution < 1.29 is 17.9 Å². The van der Waals surface area contributed by atoms with Gasteiger partial charge < -0.3 is 10.1 Å². The molecule has 0 saturated carbocycles. The number of methoxy groups -OCH3 is 1. The number of nitrogens with one attached hydrogen (secondary N) is 3. The van der Waals surface area contributed by atoms with Gasteiger partial charge >= 0.3 is 0 Å². The Labute approximate surface area is 231 Å². The van der Waals surface area contributed by atoms with Crippen LogP contribution in [0.4, 0.5) is 11.6 Å². The molecule has 0 aliphatic rings. The molecule has 0 radical (unpaired) electrons. The van der Waals surface area contributed by atoms with Crippen molar-refractivity contribution >= 4 is 27.6 Å². The van der Waals surface area contributed by atoms with E-state index in [1.165, 1.54) is 31.4 Å². The summed E-state index contributed by atoms with van der Waals surface area (Å²) >= 11 is 0. The molecule has 0 saturated heterocycles. The number of benzene rings is 4. The molecule has 1 amide bonds. The molecule has 0 atom stereocenters. The molecule has 10 nitrogen and oxygen atoms in total. The van der Waals surface area contributed by atoms with Crippen molar-refractivity contribution in [2.75, 3.05) is 12.4 Å². The third kappa shape index (κ3) is 6.34. The standard InChI is InChI=1S/C29H26N6O4S/c1-39-25-16-18-26(19-17-25)40(37,38)34-32-28(36)23-12-14-24(15-13-23)30-29-31-27(22-10-6-3-7-11-22)33-35(29)20-21-8-4-2-5-9-21/h2-19,34H,20H2,1H3,(H,32,36)(H,30,31,33). The summed E-state index contributed by atoms with van der Waals surface area (Å²) in [6.45, 7) is 0.512. The van der Waals surface area contributed by atoms with Crippen molar-refractivity contribution in [3.8, 4) is 17.1 Å². The number of ether oxygens (including phenoxy) is 1. The van der Waals surface area contributed by atoms with Gasteiger partial charge in [-0.05, 0) is 54.1 Å². The Morgan fingerprint density at radius 1 is 0.850 bits per heavy atom. The lowest BCUT2D eigenvalue weighted by Crippen LogP contribution is -2.41. The van der Waals surface area contributed by atoms with E-state index >= 15 is 0 Å². The summed E-state index contributed by atoms with van der Waals surface area (Å²) < 4.78 is 31.8. The van der Waals surface area contributed by atoms with Gasteiger partial charge in [-0.15, -0.1) is 9.93 Å². The molecule has 1 heterocycles. The van der Waals surface area contributed by atoms with Gasteiger partial charge in [0.15, 0.2) is 5.82 Å². The average molecular weight is 555 g/mol. The fraction of sp³-hybridized carbons (Fsp3) is 0.0690. The molecule has 0 aliphatic carbocycles. The molecule has 11 heteroatoms. The highest BCUT2D eigenvalue weighted by Crippen LogP contribution is 2.22. The van der Waals surface area contributed by atoms with Crippen molar-refractivity contribution in [1.29, 1.82) is 0 Å². The van der Waals surface area contributed by atoms with Gasteiger partial charge in [0, 0.05) is 16.8 Å². The van der Waals surface area contributed by atoms with Crippen LogP contribution < -0.4 is 20.3 Å². The maximum atomic E-state index is 12.6. The van der Waals surface area contributed by atoms with Crippen LogP contribution >= 0.6 is 0 Å². The molecular formula is C29H26N6O4S. The Morgan fingerprint density at radius 2 is 1.50 bits per heavy atom. The fourth-order valence-corrected chi connectivity index (χ4v) is 4.68. The summed E-state index contributed by atoms with van der Waals surface area (Å²) in [6, 6.07) is 32.0. The molecule has 0 spiro atoms. The van der Waals surface area contributed by atoms with E-state index in [1.54, 1.807) is 28.9 Å². The first kappa shape index (κ1) is 26.6. The Hall–Kier alpha value is -5.00. The number of hydrazine groups is 1. The summed E-state index contributed by atoms with van der Waals surface area (Å²) in [5.41, 5.74) is 5.14. The van der Waals surface area contributed by atoms with Crippen LogP contribution in [-0.2, 0) is 16.6 Å². The van der Waals surface area contributed by atoms with Crippen LogP contribution in [-0.4, -0.2) is 36.2 Å². The topological polar surface area (TPSA) is 127 Å². The molecule has 1 aromatic heterocycles. The highest BCUT2D eigenvalue weighted by atomic mass is 32.2. The second-order valence-corrected chi connectivity index (χ2v) is 10.4. The highest BCUT2D eigenvalue weighted by molar-refractivity contribution is 7.89. The number of carbonyl (C=O) groups is 1. The van der Waals surface area contributed by atoms with Gasteiger partial charge in [0.2, 0.25) is 5.95 Å². The fourth-order valence-electron chi connectivity index (χ4n) is 3.84. The molecule has 5 aromatic rings. The smallest absolute Gasteiger partial charge is 0.266 e. The Balaban J connectivity index is 1.28. The van der Waals surface area contributed by atoms with Gasteiger partial charge in [0.25, 0.3) is 15.9 Å². The first-order valence-electron chi connectivity index (χ1n) is 12.3. The molecule has 3 N–H and O–H groups in total. The third-order valence-electron chi connectivity index (χ3n) is 5.95. The number of sulfonamides is 1. The Bertz CT molecular complexity index is 1690. The van der Waals surface area contributed by atoms with Crippen molar-refractivity contribution in [2.45, 2.75) is 11.4 Å². The van der Waals surface area contributed by atoms with Gasteiger partial charge in [0.05, 0.1) is 18.6 Å². The summed E-state index contributed by atoms with van der Waals surface area (Å²) in [7, 11) is -2.47. The highest BCUT2D eigenvalue weighted by Gasteiger charge is 2.17. The van der Waals surface area contributed by atoms with Crippen molar-refractivity contribution in [3.63, 3.8) is 0 Å². The summed E-state index contributed by atoms with van der Waals surface area (Å²) in [5, 5.41) is 7.98. The number of hydrogen-bond donors (Lipinski definition) is 3. The SMILES string of the molecule is COc1ccc(S(=O)(=O)NNC(=O)c2ccc(Nc3nc(-c4ccccc4)nn3Cc3ccccc3)cc2)cc1. The molecule has 0 aliphatic heterocycles. The van der Waals surface area contributed by atoms with E-state index < -0.39 is 15.9 Å². The average Bonchev–Trinajstić information content (AvgIpc) is 3.39. The normalized spacial score (nSPS) is 11.1. The second kappa shape index (κ2) is 11.8. The van der Waals surface area contributed by atoms with Crippen molar-refractivity contribution in [3.05, 3.63) is 120 Å². The quantitative estimate of drug-likeness (QED) is 0.219. The maximum Gasteiger partial charge on any atom is 0.266 e. The summed E-state index contributed by atoms with van der Waals surface area (Å²) in [4.78, 5) is 19.4. The van der Waals surface area contributed by atoms with E-state index in [-0.39, 0.29) is 10.5 Å². The first-order valence-corrected chi connectivity index (χ1v) is 13.8. The number of anilines is 2. The van der Waals surface area contributed by atoms with Crippen LogP contribution in [0.5, 0.6) is 5.75 Å². The van der Waals surface area contributed by atoms with E-state index in [1.807, 2.05) is 60.7 Å². The Kier molecular flexibility index (Phi) is 7.85. The lowest BCUT2D eigenvalue weighted by molar-refractivity contribution is 0.0945. The van der Waals surface area contributed by atoms with Gasteiger partial charge in [-0.2, -0.15) is 4.98 Å². The lowest BCUT2D eigenvalue weighted by Gasteiger charge is -2.10. The summed E-state index contributed by atoms with van der Waals surface area (Å²) in [6.07, 6.45) is 0. The zero-order chi connectivity index (χ0) is 28.0. The van der Waals surface area contributed by atoms with E-state index in [2.05, 4.69) is 15.6 Å². The van der Waals surface area contributed by atoms with Crippen LogP contribution in [0, 0.1) is 0 Å². The van der Waals surface area contributed by atoms with E-state index in [0.29, 0.717) is 29.8 Å². The lowest BCUT2D eigenvalue weighted by atomic mass is 10.2. The molecule has 202 valence electrons. The van der Waals surface area contributed by atoms with Crippen LogP contribution in [0.2, 0.25) is 0 Å². The zero-order valence-corrected chi connectivity index (χ0v) is 22.3. The van der Waals surface area contributed by atoms with Crippen LogP contribution in [0.15, 0.2) is 114 Å². The number of amides is 1. The van der Waals surface area contributed by atoms with Crippen molar-refractivity contribution in [2.24, 2.45) is 0 Å². The minimum absolute atomic E-state index is 0.0114. The first-order chi connectivity index (χ1) is 19.4. The molecule has 40 heavy (non-hydrogen) atoms. The molecule has 0 bridgehead atoms. The molecular weight excluding hydrogens is 528 g/mol. The zero-order valence-electron chi connectivity index (χ0n) is 21.5. The van der Waals surface area contributed by atoms with E-state index in [9.17, 15) is 13.2 Å². The number of rotatable bonds is 10. The predicted octanol–water partition coefficient (Wildman–Crippen LogP) is 4.37. The van der Waals surface area contributed by atoms with Gasteiger partial charge in [-0.25, -0.2) is 13.1 Å². The monoisotopic (exact) mass is 554 g/mol. The number of aromatic nitrogens is 3. The largest absolute Gasteiger partial charge is 0.497 e. The van der Waals surface area contributed by atoms with Crippen LogP contribution in [0.25, 0.3) is 11.4 Å².